The van der Waals surface area contributed by atoms with Crippen molar-refractivity contribution in [3.63, 3.8) is 0 Å². The second-order valence-electron chi connectivity index (χ2n) is 9.23. The average molecular weight is 524 g/mol. The van der Waals surface area contributed by atoms with Gasteiger partial charge >= 0.3 is 6.43 Å². The number of aromatic amines is 1. The number of alkyl halides is 2. The predicted molar refractivity (Wildman–Crippen MR) is 126 cm³/mol. The molecule has 1 aliphatic rings. The Morgan fingerprint density at radius 2 is 1.92 bits per heavy atom. The van der Waals surface area contributed by atoms with Crippen LogP contribution in [-0.2, 0) is 19.4 Å². The molecule has 1 N–H and O–H groups in total. The molecule has 0 amide bonds. The van der Waals surface area contributed by atoms with Crippen molar-refractivity contribution in [3.8, 4) is 34.2 Å². The zero-order chi connectivity index (χ0) is 26.4. The van der Waals surface area contributed by atoms with Crippen molar-refractivity contribution in [2.45, 2.75) is 39.2 Å². The van der Waals surface area contributed by atoms with Crippen LogP contribution < -0.4 is 0 Å². The normalized spacial score (nSPS) is 15.3. The fourth-order valence-electron chi connectivity index (χ4n) is 4.48. The topological polar surface area (TPSA) is 111 Å². The van der Waals surface area contributed by atoms with Gasteiger partial charge in [0.15, 0.2) is 11.6 Å². The number of hydrogen-bond acceptors (Lipinski definition) is 7. The quantitative estimate of drug-likeness (QED) is 0.305. The number of nitrogens with one attached hydrogen (secondary N) is 1. The van der Waals surface area contributed by atoms with Crippen molar-refractivity contribution in [3.05, 3.63) is 70.9 Å². The van der Waals surface area contributed by atoms with Crippen molar-refractivity contribution in [1.29, 1.82) is 0 Å². The SMILES string of the molecule is CC1CCc2nc(-c3cccc(-c4nnn(Cc5ccc(-c6nnc(C(F)F)o6)c(F)c5F)n4)c3)[nH]c2C1. The molecule has 0 aliphatic heterocycles. The highest BCUT2D eigenvalue weighted by Gasteiger charge is 2.23. The molecule has 2 aromatic carbocycles. The van der Waals surface area contributed by atoms with Gasteiger partial charge in [-0.3, -0.25) is 0 Å². The molecule has 1 atom stereocenters. The summed E-state index contributed by atoms with van der Waals surface area (Å²) in [5.41, 5.74) is 3.32. The molecule has 0 bridgehead atoms. The number of rotatable bonds is 6. The number of nitrogens with zero attached hydrogens (tertiary/aromatic N) is 7. The highest BCUT2D eigenvalue weighted by Crippen LogP contribution is 2.30. The van der Waals surface area contributed by atoms with Crippen LogP contribution in [-0.4, -0.2) is 40.4 Å². The smallest absolute Gasteiger partial charge is 0.314 e. The summed E-state index contributed by atoms with van der Waals surface area (Å²) in [6.07, 6.45) is 0.0207. The maximum absolute atomic E-state index is 14.8. The van der Waals surface area contributed by atoms with Crippen LogP contribution in [0.5, 0.6) is 0 Å². The van der Waals surface area contributed by atoms with Crippen LogP contribution in [0.15, 0.2) is 40.8 Å². The van der Waals surface area contributed by atoms with E-state index in [2.05, 4.69) is 37.5 Å². The van der Waals surface area contributed by atoms with Crippen LogP contribution in [0.1, 0.15) is 42.6 Å². The van der Waals surface area contributed by atoms with Gasteiger partial charge in [-0.1, -0.05) is 31.2 Å². The summed E-state index contributed by atoms with van der Waals surface area (Å²) in [5.74, 6) is -2.35. The molecule has 3 heterocycles. The first-order valence-corrected chi connectivity index (χ1v) is 11.9. The lowest BCUT2D eigenvalue weighted by atomic mass is 9.92. The largest absolute Gasteiger partial charge is 0.415 e. The van der Waals surface area contributed by atoms with E-state index in [1.807, 2.05) is 24.3 Å². The second-order valence-corrected chi connectivity index (χ2v) is 9.23. The van der Waals surface area contributed by atoms with Crippen LogP contribution in [0.3, 0.4) is 0 Å². The minimum Gasteiger partial charge on any atom is -0.415 e. The molecule has 0 saturated heterocycles. The molecule has 13 heteroatoms. The van der Waals surface area contributed by atoms with Gasteiger partial charge in [0, 0.05) is 22.4 Å². The summed E-state index contributed by atoms with van der Waals surface area (Å²) in [5, 5.41) is 18.8. The molecule has 6 rings (SSSR count). The lowest BCUT2D eigenvalue weighted by molar-refractivity contribution is 0.116. The fraction of sp³-hybridized carbons (Fsp3) is 0.280. The maximum atomic E-state index is 14.8. The Kier molecular flexibility index (Phi) is 5.97. The summed E-state index contributed by atoms with van der Waals surface area (Å²) in [4.78, 5) is 9.32. The predicted octanol–water partition coefficient (Wildman–Crippen LogP) is 5.17. The van der Waals surface area contributed by atoms with E-state index in [1.54, 1.807) is 0 Å². The third-order valence-corrected chi connectivity index (χ3v) is 6.47. The van der Waals surface area contributed by atoms with E-state index in [4.69, 9.17) is 9.40 Å². The Morgan fingerprint density at radius 3 is 2.74 bits per heavy atom. The molecule has 0 spiro atoms. The van der Waals surface area contributed by atoms with Gasteiger partial charge in [0.05, 0.1) is 17.8 Å². The van der Waals surface area contributed by atoms with Gasteiger partial charge in [0.2, 0.25) is 5.82 Å². The van der Waals surface area contributed by atoms with Crippen molar-refractivity contribution >= 4 is 0 Å². The van der Waals surface area contributed by atoms with E-state index in [9.17, 15) is 17.6 Å². The van der Waals surface area contributed by atoms with Gasteiger partial charge in [0.25, 0.3) is 11.8 Å². The van der Waals surface area contributed by atoms with Gasteiger partial charge in [-0.05, 0) is 42.5 Å². The second kappa shape index (κ2) is 9.47. The first kappa shape index (κ1) is 23.9. The number of aromatic nitrogens is 8. The average Bonchev–Trinajstić information content (AvgIpc) is 3.66. The van der Waals surface area contributed by atoms with Gasteiger partial charge in [-0.15, -0.1) is 20.4 Å². The molecular formula is C25H20F4N8O. The summed E-state index contributed by atoms with van der Waals surface area (Å²) in [6.45, 7) is 2.01. The van der Waals surface area contributed by atoms with Gasteiger partial charge < -0.3 is 9.40 Å². The number of hydrogen-bond donors (Lipinski definition) is 1. The Labute approximate surface area is 212 Å². The van der Waals surface area contributed by atoms with Gasteiger partial charge in [0.1, 0.15) is 5.82 Å². The molecule has 1 unspecified atom stereocenters. The number of tetrazole rings is 1. The maximum Gasteiger partial charge on any atom is 0.314 e. The summed E-state index contributed by atoms with van der Waals surface area (Å²) >= 11 is 0. The van der Waals surface area contributed by atoms with Gasteiger partial charge in [-0.2, -0.15) is 13.6 Å². The Balaban J connectivity index is 1.22. The minimum absolute atomic E-state index is 0.0760. The van der Waals surface area contributed by atoms with E-state index in [-0.39, 0.29) is 12.1 Å². The van der Waals surface area contributed by atoms with Crippen molar-refractivity contribution in [1.82, 2.24) is 40.4 Å². The van der Waals surface area contributed by atoms with E-state index < -0.39 is 35.4 Å². The van der Waals surface area contributed by atoms with Crippen LogP contribution in [0.25, 0.3) is 34.2 Å². The summed E-state index contributed by atoms with van der Waals surface area (Å²) < 4.78 is 59.6. The first-order chi connectivity index (χ1) is 18.4. The van der Waals surface area contributed by atoms with Gasteiger partial charge in [-0.25, -0.2) is 13.8 Å². The monoisotopic (exact) mass is 524 g/mol. The highest BCUT2D eigenvalue weighted by atomic mass is 19.3. The van der Waals surface area contributed by atoms with Crippen LogP contribution in [0, 0.1) is 17.6 Å². The molecule has 38 heavy (non-hydrogen) atoms. The lowest BCUT2D eigenvalue weighted by Gasteiger charge is -2.15. The third kappa shape index (κ3) is 4.44. The number of imidazole rings is 1. The Bertz CT molecular complexity index is 1630. The first-order valence-electron chi connectivity index (χ1n) is 11.9. The number of benzene rings is 2. The molecular weight excluding hydrogens is 504 g/mol. The van der Waals surface area contributed by atoms with Crippen LogP contribution in [0.2, 0.25) is 0 Å². The van der Waals surface area contributed by atoms with E-state index in [0.29, 0.717) is 17.3 Å². The van der Waals surface area contributed by atoms with E-state index >= 15 is 0 Å². The number of aryl methyl sites for hydroxylation is 1. The fourth-order valence-corrected chi connectivity index (χ4v) is 4.48. The Morgan fingerprint density at radius 1 is 1.08 bits per heavy atom. The van der Waals surface area contributed by atoms with Crippen molar-refractivity contribution in [2.24, 2.45) is 5.92 Å². The number of halogens is 4. The Hall–Kier alpha value is -4.42. The van der Waals surface area contributed by atoms with Crippen LogP contribution >= 0.6 is 0 Å². The highest BCUT2D eigenvalue weighted by molar-refractivity contribution is 5.66. The van der Waals surface area contributed by atoms with E-state index in [0.717, 1.165) is 41.1 Å². The molecule has 1 aliphatic carbocycles. The molecule has 0 radical (unpaired) electrons. The number of fused-ring (bicyclic) bond motifs is 1. The third-order valence-electron chi connectivity index (χ3n) is 6.47. The van der Waals surface area contributed by atoms with E-state index in [1.165, 1.54) is 17.8 Å². The van der Waals surface area contributed by atoms with Crippen molar-refractivity contribution in [2.75, 3.05) is 0 Å². The number of H-pyrrole nitrogens is 1. The standard InChI is InChI=1S/C25H20F4N8O/c1-12-5-8-17-18(9-12)31-22(30-17)13-3-2-4-14(10-13)23-32-36-37(35-23)11-15-6-7-16(20(27)19(15)26)24-33-34-25(38-24)21(28)29/h2-4,6-7,10,12,21H,5,8-9,11H2,1H3,(H,30,31). The zero-order valence-electron chi connectivity index (χ0n) is 20.0. The molecule has 0 fully saturated rings. The molecule has 9 nitrogen and oxygen atoms in total. The molecule has 194 valence electrons. The lowest BCUT2D eigenvalue weighted by Crippen LogP contribution is -2.10. The summed E-state index contributed by atoms with van der Waals surface area (Å²) in [7, 11) is 0. The zero-order valence-corrected chi connectivity index (χ0v) is 20.0. The molecule has 3 aromatic heterocycles. The van der Waals surface area contributed by atoms with Crippen LogP contribution in [0.4, 0.5) is 17.6 Å². The van der Waals surface area contributed by atoms with Crippen molar-refractivity contribution < 1.29 is 22.0 Å². The summed E-state index contributed by atoms with van der Waals surface area (Å²) in [6, 6.07) is 9.95. The minimum atomic E-state index is -3.02. The molecule has 5 aromatic rings. The molecule has 0 saturated carbocycles.